The van der Waals surface area contributed by atoms with Crippen LogP contribution < -0.4 is 0 Å². The van der Waals surface area contributed by atoms with Gasteiger partial charge in [0.05, 0.1) is 0 Å². The second-order valence-corrected chi connectivity index (χ2v) is 6.21. The van der Waals surface area contributed by atoms with Crippen LogP contribution in [0.1, 0.15) is 51.2 Å². The highest BCUT2D eigenvalue weighted by atomic mass is 16.4. The third-order valence-corrected chi connectivity index (χ3v) is 4.01. The molecular formula is C17H25NO3. The van der Waals surface area contributed by atoms with E-state index in [4.69, 9.17) is 5.11 Å². The van der Waals surface area contributed by atoms with Crippen LogP contribution in [-0.4, -0.2) is 34.5 Å². The maximum atomic E-state index is 12.1. The van der Waals surface area contributed by atoms with Crippen molar-refractivity contribution in [2.24, 2.45) is 0 Å². The van der Waals surface area contributed by atoms with Gasteiger partial charge >= 0.3 is 5.97 Å². The Bertz CT molecular complexity index is 503. The molecule has 0 unspecified atom stereocenters. The summed E-state index contributed by atoms with van der Waals surface area (Å²) in [7, 11) is 1.54. The molecular weight excluding hydrogens is 266 g/mol. The molecule has 4 heteroatoms. The first kappa shape index (κ1) is 17.2. The van der Waals surface area contributed by atoms with Gasteiger partial charge in [0.25, 0.3) is 0 Å². The molecule has 1 aromatic carbocycles. The Kier molecular flexibility index (Phi) is 5.53. The number of carbonyl (C=O) groups excluding carboxylic acids is 1. The number of rotatable bonds is 6. The molecule has 0 fully saturated rings. The van der Waals surface area contributed by atoms with Gasteiger partial charge < -0.3 is 10.0 Å². The Morgan fingerprint density at radius 1 is 1.19 bits per heavy atom. The third kappa shape index (κ3) is 4.31. The first-order valence-electron chi connectivity index (χ1n) is 7.25. The van der Waals surface area contributed by atoms with Crippen molar-refractivity contribution in [3.63, 3.8) is 0 Å². The summed E-state index contributed by atoms with van der Waals surface area (Å²) in [6, 6.07) is 8.22. The highest BCUT2D eigenvalue weighted by Gasteiger charge is 2.34. The molecule has 0 saturated heterocycles. The number of carbonyl (C=O) groups is 2. The van der Waals surface area contributed by atoms with E-state index in [9.17, 15) is 9.59 Å². The molecule has 4 nitrogen and oxygen atoms in total. The van der Waals surface area contributed by atoms with E-state index < -0.39 is 11.5 Å². The smallest absolute Gasteiger partial charge is 0.329 e. The normalized spacial score (nSPS) is 11.5. The molecule has 0 radical (unpaired) electrons. The van der Waals surface area contributed by atoms with Gasteiger partial charge in [-0.2, -0.15) is 0 Å². The number of benzene rings is 1. The van der Waals surface area contributed by atoms with Gasteiger partial charge in [-0.25, -0.2) is 4.79 Å². The predicted octanol–water partition coefficient (Wildman–Crippen LogP) is 3.06. The molecule has 1 amide bonds. The van der Waals surface area contributed by atoms with Crippen LogP contribution in [0.25, 0.3) is 0 Å². The fraction of sp³-hybridized carbons (Fsp3) is 0.529. The Morgan fingerprint density at radius 3 is 2.14 bits per heavy atom. The van der Waals surface area contributed by atoms with Crippen molar-refractivity contribution in [1.29, 1.82) is 0 Å². The fourth-order valence-electron chi connectivity index (χ4n) is 1.94. The van der Waals surface area contributed by atoms with Crippen molar-refractivity contribution >= 4 is 11.9 Å². The summed E-state index contributed by atoms with van der Waals surface area (Å²) >= 11 is 0. The summed E-state index contributed by atoms with van der Waals surface area (Å²) in [6.07, 6.45) is 0.936. The topological polar surface area (TPSA) is 57.6 Å². The minimum Gasteiger partial charge on any atom is -0.480 e. The van der Waals surface area contributed by atoms with Gasteiger partial charge in [-0.1, -0.05) is 38.1 Å². The van der Waals surface area contributed by atoms with E-state index in [2.05, 4.69) is 26.0 Å². The number of nitrogens with zero attached hydrogens (tertiary/aromatic N) is 1. The van der Waals surface area contributed by atoms with E-state index in [-0.39, 0.29) is 5.91 Å². The average Bonchev–Trinajstić information content (AvgIpc) is 2.44. The van der Waals surface area contributed by atoms with E-state index >= 15 is 0 Å². The van der Waals surface area contributed by atoms with Crippen LogP contribution in [0, 0.1) is 0 Å². The van der Waals surface area contributed by atoms with Gasteiger partial charge in [0.15, 0.2) is 0 Å². The van der Waals surface area contributed by atoms with Crippen molar-refractivity contribution in [3.05, 3.63) is 35.4 Å². The minimum absolute atomic E-state index is 0.157. The monoisotopic (exact) mass is 291 g/mol. The Morgan fingerprint density at radius 2 is 1.71 bits per heavy atom. The zero-order valence-corrected chi connectivity index (χ0v) is 13.5. The van der Waals surface area contributed by atoms with Gasteiger partial charge in [0, 0.05) is 13.5 Å². The standard InChI is InChI=1S/C17H25NO3/c1-12(2)14-9-6-13(7-10-14)8-11-15(19)18(5)17(3,4)16(20)21/h6-7,9-10,12H,8,11H2,1-5H3,(H,20,21). The van der Waals surface area contributed by atoms with E-state index in [1.165, 1.54) is 31.4 Å². The number of aryl methyl sites for hydroxylation is 1. The highest BCUT2D eigenvalue weighted by molar-refractivity contribution is 5.86. The number of carboxylic acids is 1. The molecule has 0 saturated carbocycles. The molecule has 21 heavy (non-hydrogen) atoms. The van der Waals surface area contributed by atoms with E-state index in [0.29, 0.717) is 18.8 Å². The van der Waals surface area contributed by atoms with Crippen molar-refractivity contribution in [2.45, 2.75) is 52.0 Å². The van der Waals surface area contributed by atoms with Crippen LogP contribution in [0.5, 0.6) is 0 Å². The van der Waals surface area contributed by atoms with Crippen molar-refractivity contribution < 1.29 is 14.7 Å². The summed E-state index contributed by atoms with van der Waals surface area (Å²) in [5.41, 5.74) is 1.18. The Labute approximate surface area is 126 Å². The molecule has 0 aliphatic rings. The zero-order valence-electron chi connectivity index (χ0n) is 13.5. The Hall–Kier alpha value is -1.84. The first-order chi connectivity index (χ1) is 9.66. The number of amides is 1. The van der Waals surface area contributed by atoms with Crippen molar-refractivity contribution in [3.8, 4) is 0 Å². The van der Waals surface area contributed by atoms with Crippen LogP contribution in [-0.2, 0) is 16.0 Å². The molecule has 116 valence electrons. The van der Waals surface area contributed by atoms with E-state index in [1.807, 2.05) is 12.1 Å². The number of likely N-dealkylation sites (N-methyl/N-ethyl adjacent to an activating group) is 1. The second-order valence-electron chi connectivity index (χ2n) is 6.21. The molecule has 0 bridgehead atoms. The quantitative estimate of drug-likeness (QED) is 0.876. The molecule has 0 spiro atoms. The molecule has 0 heterocycles. The minimum atomic E-state index is -1.18. The maximum Gasteiger partial charge on any atom is 0.329 e. The lowest BCUT2D eigenvalue weighted by molar-refractivity contribution is -0.155. The van der Waals surface area contributed by atoms with Gasteiger partial charge in [-0.15, -0.1) is 0 Å². The lowest BCUT2D eigenvalue weighted by atomic mass is 9.99. The third-order valence-electron chi connectivity index (χ3n) is 4.01. The van der Waals surface area contributed by atoms with Gasteiger partial charge in [0.1, 0.15) is 5.54 Å². The van der Waals surface area contributed by atoms with Crippen LogP contribution >= 0.6 is 0 Å². The van der Waals surface area contributed by atoms with Crippen molar-refractivity contribution in [1.82, 2.24) is 4.90 Å². The SMILES string of the molecule is CC(C)c1ccc(CCC(=O)N(C)C(C)(C)C(=O)O)cc1. The molecule has 1 N–H and O–H groups in total. The summed E-state index contributed by atoms with van der Waals surface area (Å²) in [6.45, 7) is 7.35. The van der Waals surface area contributed by atoms with Gasteiger partial charge in [-0.3, -0.25) is 4.79 Å². The summed E-state index contributed by atoms with van der Waals surface area (Å²) in [5.74, 6) is -0.668. The molecule has 0 aliphatic carbocycles. The van der Waals surface area contributed by atoms with Crippen LogP contribution in [0.3, 0.4) is 0 Å². The van der Waals surface area contributed by atoms with Crippen LogP contribution in [0.2, 0.25) is 0 Å². The molecule has 0 aliphatic heterocycles. The molecule has 1 aromatic rings. The summed E-state index contributed by atoms with van der Waals surface area (Å²) in [5, 5.41) is 9.13. The largest absolute Gasteiger partial charge is 0.480 e. The molecule has 0 atom stereocenters. The zero-order chi connectivity index (χ0) is 16.2. The highest BCUT2D eigenvalue weighted by Crippen LogP contribution is 2.17. The second kappa shape index (κ2) is 6.74. The lowest BCUT2D eigenvalue weighted by Crippen LogP contribution is -2.50. The van der Waals surface area contributed by atoms with Gasteiger partial charge in [-0.05, 0) is 37.3 Å². The summed E-state index contributed by atoms with van der Waals surface area (Å²) < 4.78 is 0. The number of aliphatic carboxylic acids is 1. The fourth-order valence-corrected chi connectivity index (χ4v) is 1.94. The molecule has 1 rings (SSSR count). The number of hydrogen-bond acceptors (Lipinski definition) is 2. The van der Waals surface area contributed by atoms with Crippen LogP contribution in [0.15, 0.2) is 24.3 Å². The number of carboxylic acid groups (broad SMARTS) is 1. The number of hydrogen-bond donors (Lipinski definition) is 1. The summed E-state index contributed by atoms with van der Waals surface area (Å²) in [4.78, 5) is 24.6. The Balaban J connectivity index is 2.62. The average molecular weight is 291 g/mol. The predicted molar refractivity (Wildman–Crippen MR) is 83.3 cm³/mol. The van der Waals surface area contributed by atoms with Gasteiger partial charge in [0.2, 0.25) is 5.91 Å². The van der Waals surface area contributed by atoms with E-state index in [0.717, 1.165) is 5.56 Å². The first-order valence-corrected chi connectivity index (χ1v) is 7.25. The maximum absolute atomic E-state index is 12.1. The van der Waals surface area contributed by atoms with Crippen molar-refractivity contribution in [2.75, 3.05) is 7.05 Å². The van der Waals surface area contributed by atoms with Crippen LogP contribution in [0.4, 0.5) is 0 Å². The lowest BCUT2D eigenvalue weighted by Gasteiger charge is -2.31. The molecule has 0 aromatic heterocycles. The van der Waals surface area contributed by atoms with E-state index in [1.54, 1.807) is 0 Å².